The summed E-state index contributed by atoms with van der Waals surface area (Å²) in [7, 11) is -3.62. The molecule has 1 aliphatic rings. The number of sulfonamides is 1. The highest BCUT2D eigenvalue weighted by atomic mass is 32.2. The second-order valence-electron chi connectivity index (χ2n) is 8.80. The summed E-state index contributed by atoms with van der Waals surface area (Å²) in [4.78, 5) is 18.2. The molecule has 0 aliphatic heterocycles. The fraction of sp³-hybridized carbons (Fsp3) is 0.583. The highest BCUT2D eigenvalue weighted by molar-refractivity contribution is 7.89. The summed E-state index contributed by atoms with van der Waals surface area (Å²) >= 11 is 1.39. The molecular weight excluding hydrogens is 442 g/mol. The molecule has 1 fully saturated rings. The topological polar surface area (TPSA) is 88.2 Å². The minimum absolute atomic E-state index is 0.0127. The second-order valence-corrected chi connectivity index (χ2v) is 11.5. The second kappa shape index (κ2) is 10.9. The van der Waals surface area contributed by atoms with Crippen molar-refractivity contribution in [3.05, 3.63) is 29.5 Å². The molecule has 32 heavy (non-hydrogen) atoms. The number of hydrogen-bond donors (Lipinski definition) is 2. The third-order valence-corrected chi connectivity index (χ3v) is 9.07. The van der Waals surface area contributed by atoms with Crippen molar-refractivity contribution in [2.24, 2.45) is 5.92 Å². The Morgan fingerprint density at radius 1 is 1.16 bits per heavy atom. The Kier molecular flexibility index (Phi) is 8.47. The van der Waals surface area contributed by atoms with Crippen LogP contribution >= 0.6 is 11.3 Å². The van der Waals surface area contributed by atoms with Crippen LogP contribution in [0.25, 0.3) is 10.4 Å². The summed E-state index contributed by atoms with van der Waals surface area (Å²) in [5.41, 5.74) is 2.28. The number of carbonyl (C=O) groups excluding carboxylic acids is 1. The fourth-order valence-electron chi connectivity index (χ4n) is 4.31. The largest absolute Gasteiger partial charge is 0.302 e. The average molecular weight is 478 g/mol. The van der Waals surface area contributed by atoms with Gasteiger partial charge < -0.3 is 5.32 Å². The number of aromatic nitrogens is 1. The lowest BCUT2D eigenvalue weighted by Gasteiger charge is -2.20. The molecule has 8 heteroatoms. The van der Waals surface area contributed by atoms with Crippen LogP contribution in [-0.2, 0) is 14.8 Å². The first-order valence-corrected chi connectivity index (χ1v) is 13.9. The van der Waals surface area contributed by atoms with Crippen molar-refractivity contribution in [2.75, 3.05) is 5.32 Å². The van der Waals surface area contributed by atoms with Gasteiger partial charge in [-0.05, 0) is 62.6 Å². The van der Waals surface area contributed by atoms with Crippen molar-refractivity contribution < 1.29 is 13.2 Å². The van der Waals surface area contributed by atoms with Gasteiger partial charge in [0.05, 0.1) is 15.5 Å². The molecule has 0 radical (unpaired) electrons. The Balaban J connectivity index is 1.79. The van der Waals surface area contributed by atoms with Crippen molar-refractivity contribution in [3.8, 4) is 10.4 Å². The summed E-state index contributed by atoms with van der Waals surface area (Å²) in [6, 6.07) is 5.38. The van der Waals surface area contributed by atoms with Gasteiger partial charge in [0.25, 0.3) is 0 Å². The minimum atomic E-state index is -3.62. The number of carbonyl (C=O) groups is 1. The van der Waals surface area contributed by atoms with E-state index in [-0.39, 0.29) is 16.8 Å². The third-order valence-electron chi connectivity index (χ3n) is 6.29. The predicted molar refractivity (Wildman–Crippen MR) is 132 cm³/mol. The van der Waals surface area contributed by atoms with Crippen LogP contribution in [0.1, 0.15) is 76.5 Å². The van der Waals surface area contributed by atoms with E-state index in [9.17, 15) is 13.2 Å². The molecule has 1 heterocycles. The maximum absolute atomic E-state index is 13.0. The van der Waals surface area contributed by atoms with Crippen LogP contribution in [0.3, 0.4) is 0 Å². The minimum Gasteiger partial charge on any atom is -0.302 e. The van der Waals surface area contributed by atoms with Gasteiger partial charge in [-0.2, -0.15) is 0 Å². The van der Waals surface area contributed by atoms with Crippen molar-refractivity contribution >= 4 is 32.4 Å². The first kappa shape index (κ1) is 24.9. The van der Waals surface area contributed by atoms with Crippen LogP contribution in [0.5, 0.6) is 0 Å². The van der Waals surface area contributed by atoms with Crippen LogP contribution in [0.15, 0.2) is 23.1 Å². The average Bonchev–Trinajstić information content (AvgIpc) is 3.12. The molecule has 0 bridgehead atoms. The summed E-state index contributed by atoms with van der Waals surface area (Å²) < 4.78 is 28.8. The van der Waals surface area contributed by atoms with Gasteiger partial charge in [0.1, 0.15) is 0 Å². The van der Waals surface area contributed by atoms with Crippen molar-refractivity contribution in [1.29, 1.82) is 0 Å². The van der Waals surface area contributed by atoms with Gasteiger partial charge in [0.2, 0.25) is 15.9 Å². The maximum atomic E-state index is 13.0. The number of rotatable bonds is 9. The molecule has 0 saturated heterocycles. The van der Waals surface area contributed by atoms with E-state index in [0.717, 1.165) is 41.8 Å². The van der Waals surface area contributed by atoms with Gasteiger partial charge in [-0.25, -0.2) is 18.1 Å². The molecule has 1 aromatic heterocycles. The molecule has 176 valence electrons. The first-order valence-electron chi connectivity index (χ1n) is 11.6. The van der Waals surface area contributed by atoms with Gasteiger partial charge in [-0.3, -0.25) is 4.79 Å². The summed E-state index contributed by atoms with van der Waals surface area (Å²) in [5, 5.41) is 3.52. The highest BCUT2D eigenvalue weighted by Gasteiger charge is 2.22. The van der Waals surface area contributed by atoms with E-state index in [1.165, 1.54) is 30.6 Å². The normalized spacial score (nSPS) is 15.3. The van der Waals surface area contributed by atoms with E-state index in [0.29, 0.717) is 23.0 Å². The number of hydrogen-bond acceptors (Lipinski definition) is 5. The van der Waals surface area contributed by atoms with Crippen molar-refractivity contribution in [2.45, 2.75) is 90.0 Å². The molecule has 6 nitrogen and oxygen atoms in total. The van der Waals surface area contributed by atoms with E-state index in [2.05, 4.69) is 15.0 Å². The SMILES string of the molecule is CCC(CC)NS(=O)(=O)c1cc(-c2sc(NC(=O)CC3CCCCC3)nc2C)ccc1C. The number of aryl methyl sites for hydroxylation is 2. The summed E-state index contributed by atoms with van der Waals surface area (Å²) in [6.45, 7) is 7.65. The predicted octanol–water partition coefficient (Wildman–Crippen LogP) is 5.80. The zero-order valence-corrected chi connectivity index (χ0v) is 21.2. The zero-order chi connectivity index (χ0) is 23.3. The Labute approximate surface area is 196 Å². The monoisotopic (exact) mass is 477 g/mol. The number of nitrogens with one attached hydrogen (secondary N) is 2. The van der Waals surface area contributed by atoms with Gasteiger partial charge in [-0.15, -0.1) is 0 Å². The Morgan fingerprint density at radius 3 is 2.50 bits per heavy atom. The Morgan fingerprint density at radius 2 is 1.84 bits per heavy atom. The molecule has 1 aromatic carbocycles. The lowest BCUT2D eigenvalue weighted by molar-refractivity contribution is -0.117. The smallest absolute Gasteiger partial charge is 0.241 e. The lowest BCUT2D eigenvalue weighted by atomic mass is 9.87. The van der Waals surface area contributed by atoms with Crippen molar-refractivity contribution in [1.82, 2.24) is 9.71 Å². The van der Waals surface area contributed by atoms with Gasteiger partial charge >= 0.3 is 0 Å². The standard InChI is InChI=1S/C24H35N3O3S2/c1-5-20(6-2)27-32(29,30)21-15-19(13-12-16(21)3)23-17(4)25-24(31-23)26-22(28)14-18-10-8-7-9-11-18/h12-13,15,18,20,27H,5-11,14H2,1-4H3,(H,25,26,28). The van der Waals surface area contributed by atoms with Gasteiger partial charge in [0.15, 0.2) is 5.13 Å². The van der Waals surface area contributed by atoms with Crippen LogP contribution < -0.4 is 10.0 Å². The molecule has 3 rings (SSSR count). The Hall–Kier alpha value is -1.77. The first-order chi connectivity index (χ1) is 15.2. The van der Waals surface area contributed by atoms with Crippen LogP contribution in [0.4, 0.5) is 5.13 Å². The molecule has 1 amide bonds. The van der Waals surface area contributed by atoms with Crippen LogP contribution in [0, 0.1) is 19.8 Å². The quantitative estimate of drug-likeness (QED) is 0.477. The molecule has 0 unspecified atom stereocenters. The number of amides is 1. The maximum Gasteiger partial charge on any atom is 0.241 e. The fourth-order valence-corrected chi connectivity index (χ4v) is 6.96. The number of benzene rings is 1. The molecule has 0 spiro atoms. The summed E-state index contributed by atoms with van der Waals surface area (Å²) in [5.74, 6) is 0.482. The summed E-state index contributed by atoms with van der Waals surface area (Å²) in [6.07, 6.45) is 7.98. The third kappa shape index (κ3) is 6.17. The zero-order valence-electron chi connectivity index (χ0n) is 19.5. The molecule has 1 saturated carbocycles. The van der Waals surface area contributed by atoms with Crippen LogP contribution in [-0.4, -0.2) is 25.4 Å². The molecule has 2 aromatic rings. The van der Waals surface area contributed by atoms with Gasteiger partial charge in [-0.1, -0.05) is 56.6 Å². The van der Waals surface area contributed by atoms with E-state index in [4.69, 9.17) is 0 Å². The highest BCUT2D eigenvalue weighted by Crippen LogP contribution is 2.35. The van der Waals surface area contributed by atoms with E-state index < -0.39 is 10.0 Å². The number of anilines is 1. The molecule has 1 aliphatic carbocycles. The molecule has 0 atom stereocenters. The number of thiazole rings is 1. The van der Waals surface area contributed by atoms with E-state index in [1.807, 2.05) is 39.8 Å². The van der Waals surface area contributed by atoms with E-state index in [1.54, 1.807) is 6.07 Å². The molecular formula is C24H35N3O3S2. The lowest BCUT2D eigenvalue weighted by Crippen LogP contribution is -2.34. The molecule has 2 N–H and O–H groups in total. The van der Waals surface area contributed by atoms with E-state index >= 15 is 0 Å². The number of nitrogens with zero attached hydrogens (tertiary/aromatic N) is 1. The van der Waals surface area contributed by atoms with Gasteiger partial charge in [0, 0.05) is 12.5 Å². The van der Waals surface area contributed by atoms with Crippen LogP contribution in [0.2, 0.25) is 0 Å². The van der Waals surface area contributed by atoms with Crippen molar-refractivity contribution in [3.63, 3.8) is 0 Å². The Bertz CT molecular complexity index is 1040.